The SMILES string of the molecule is COc1ccc(-c2nc(P(=O)(OC)OC)c(NCc3ccc4c(c3)OCO4)o2)cc1. The monoisotopic (exact) mass is 432 g/mol. The van der Waals surface area contributed by atoms with Crippen LogP contribution < -0.4 is 25.0 Å². The fourth-order valence-electron chi connectivity index (χ4n) is 2.95. The van der Waals surface area contributed by atoms with Gasteiger partial charge in [0.15, 0.2) is 11.5 Å². The van der Waals surface area contributed by atoms with E-state index in [1.54, 1.807) is 31.4 Å². The van der Waals surface area contributed by atoms with Crippen LogP contribution in [0.15, 0.2) is 46.9 Å². The van der Waals surface area contributed by atoms with Crippen molar-refractivity contribution in [1.29, 1.82) is 0 Å². The number of ether oxygens (including phenoxy) is 3. The van der Waals surface area contributed by atoms with Gasteiger partial charge in [0.2, 0.25) is 24.0 Å². The van der Waals surface area contributed by atoms with Gasteiger partial charge in [0, 0.05) is 26.3 Å². The third-order valence-corrected chi connectivity index (χ3v) is 6.36. The Morgan fingerprint density at radius 2 is 1.77 bits per heavy atom. The molecule has 2 heterocycles. The van der Waals surface area contributed by atoms with Crippen LogP contribution in [0.3, 0.4) is 0 Å². The third kappa shape index (κ3) is 3.87. The summed E-state index contributed by atoms with van der Waals surface area (Å²) in [5.74, 6) is 2.54. The van der Waals surface area contributed by atoms with E-state index in [0.717, 1.165) is 5.56 Å². The lowest BCUT2D eigenvalue weighted by Crippen LogP contribution is -2.14. The number of nitrogens with one attached hydrogen (secondary N) is 1. The molecule has 30 heavy (non-hydrogen) atoms. The number of methoxy groups -OCH3 is 1. The van der Waals surface area contributed by atoms with E-state index in [1.807, 2.05) is 18.2 Å². The van der Waals surface area contributed by atoms with Crippen molar-refractivity contribution in [3.05, 3.63) is 48.0 Å². The van der Waals surface area contributed by atoms with Crippen molar-refractivity contribution < 1.29 is 32.2 Å². The fourth-order valence-corrected chi connectivity index (χ4v) is 4.03. The Morgan fingerprint density at radius 1 is 1.03 bits per heavy atom. The molecular weight excluding hydrogens is 411 g/mol. The Balaban J connectivity index is 1.64. The summed E-state index contributed by atoms with van der Waals surface area (Å²) in [5, 5.41) is 3.13. The average molecular weight is 432 g/mol. The molecule has 0 aliphatic carbocycles. The van der Waals surface area contributed by atoms with Gasteiger partial charge in [-0.2, -0.15) is 4.98 Å². The molecule has 1 aliphatic rings. The maximum absolute atomic E-state index is 13.0. The molecule has 0 bridgehead atoms. The number of hydrogen-bond acceptors (Lipinski definition) is 9. The van der Waals surface area contributed by atoms with Gasteiger partial charge in [-0.25, -0.2) is 0 Å². The van der Waals surface area contributed by atoms with Gasteiger partial charge in [-0.05, 0) is 42.0 Å². The lowest BCUT2D eigenvalue weighted by atomic mass is 10.2. The van der Waals surface area contributed by atoms with Gasteiger partial charge in [-0.3, -0.25) is 4.57 Å². The van der Waals surface area contributed by atoms with Gasteiger partial charge >= 0.3 is 7.60 Å². The minimum Gasteiger partial charge on any atom is -0.497 e. The molecule has 0 atom stereocenters. The number of nitrogens with zero attached hydrogens (tertiary/aromatic N) is 1. The first-order valence-electron chi connectivity index (χ1n) is 9.06. The van der Waals surface area contributed by atoms with Crippen LogP contribution in [0.5, 0.6) is 17.2 Å². The van der Waals surface area contributed by atoms with Crippen LogP contribution in [0, 0.1) is 0 Å². The number of oxazole rings is 1. The molecule has 4 rings (SSSR count). The molecule has 0 radical (unpaired) electrons. The van der Waals surface area contributed by atoms with E-state index in [-0.39, 0.29) is 24.0 Å². The lowest BCUT2D eigenvalue weighted by Gasteiger charge is -2.12. The summed E-state index contributed by atoms with van der Waals surface area (Å²) in [6.07, 6.45) is 0. The Hall–Kier alpha value is -3.00. The standard InChI is InChI=1S/C20H21N2O7P/c1-24-15-7-5-14(6-8-15)18-22-20(30(23,25-2)26-3)19(29-18)21-11-13-4-9-16-17(10-13)28-12-27-16/h4-10,21H,11-12H2,1-3H3. The molecule has 9 nitrogen and oxygen atoms in total. The Labute approximate surface area is 173 Å². The molecular formula is C20H21N2O7P. The predicted octanol–water partition coefficient (Wildman–Crippen LogP) is 3.80. The van der Waals surface area contributed by atoms with Gasteiger partial charge in [0.25, 0.3) is 0 Å². The maximum Gasteiger partial charge on any atom is 0.384 e. The van der Waals surface area contributed by atoms with Crippen molar-refractivity contribution >= 4 is 18.9 Å². The van der Waals surface area contributed by atoms with Gasteiger partial charge < -0.3 is 33.0 Å². The highest BCUT2D eigenvalue weighted by Crippen LogP contribution is 2.47. The van der Waals surface area contributed by atoms with E-state index in [4.69, 9.17) is 27.7 Å². The minimum atomic E-state index is -3.66. The van der Waals surface area contributed by atoms with E-state index in [9.17, 15) is 4.57 Å². The highest BCUT2D eigenvalue weighted by molar-refractivity contribution is 7.62. The van der Waals surface area contributed by atoms with Gasteiger partial charge in [0.1, 0.15) is 5.75 Å². The van der Waals surface area contributed by atoms with E-state index in [0.29, 0.717) is 29.4 Å². The lowest BCUT2D eigenvalue weighted by molar-refractivity contribution is 0.174. The van der Waals surface area contributed by atoms with Crippen LogP contribution in [-0.2, 0) is 20.2 Å². The van der Waals surface area contributed by atoms with Crippen molar-refractivity contribution in [3.63, 3.8) is 0 Å². The average Bonchev–Trinajstić information content (AvgIpc) is 3.44. The molecule has 3 aromatic rings. The zero-order chi connectivity index (χ0) is 21.1. The highest BCUT2D eigenvalue weighted by atomic mass is 31.2. The highest BCUT2D eigenvalue weighted by Gasteiger charge is 2.34. The first kappa shape index (κ1) is 20.3. The molecule has 0 saturated carbocycles. The smallest absolute Gasteiger partial charge is 0.384 e. The number of fused-ring (bicyclic) bond motifs is 1. The fraction of sp³-hybridized carbons (Fsp3) is 0.250. The Bertz CT molecular complexity index is 1070. The summed E-state index contributed by atoms with van der Waals surface area (Å²) in [7, 11) is 0.528. The molecule has 1 aliphatic heterocycles. The van der Waals surface area contributed by atoms with Crippen LogP contribution in [0.1, 0.15) is 5.56 Å². The molecule has 1 aromatic heterocycles. The second kappa shape index (κ2) is 8.39. The van der Waals surface area contributed by atoms with Crippen molar-refractivity contribution in [2.45, 2.75) is 6.54 Å². The quantitative estimate of drug-likeness (QED) is 0.533. The van der Waals surface area contributed by atoms with Crippen LogP contribution >= 0.6 is 7.60 Å². The van der Waals surface area contributed by atoms with E-state index < -0.39 is 7.60 Å². The first-order chi connectivity index (χ1) is 14.6. The van der Waals surface area contributed by atoms with Crippen LogP contribution in [0.25, 0.3) is 11.5 Å². The molecule has 0 spiro atoms. The molecule has 2 aromatic carbocycles. The first-order valence-corrected chi connectivity index (χ1v) is 10.6. The van der Waals surface area contributed by atoms with E-state index >= 15 is 0 Å². The number of anilines is 1. The van der Waals surface area contributed by atoms with Gasteiger partial charge in [-0.15, -0.1) is 0 Å². The number of benzene rings is 2. The topological polar surface area (TPSA) is 101 Å². The van der Waals surface area contributed by atoms with E-state index in [1.165, 1.54) is 14.2 Å². The zero-order valence-corrected chi connectivity index (χ0v) is 17.6. The molecule has 158 valence electrons. The third-order valence-electron chi connectivity index (χ3n) is 4.58. The Morgan fingerprint density at radius 3 is 2.47 bits per heavy atom. The Kier molecular flexibility index (Phi) is 5.67. The zero-order valence-electron chi connectivity index (χ0n) is 16.7. The summed E-state index contributed by atoms with van der Waals surface area (Å²) in [4.78, 5) is 4.39. The molecule has 1 N–H and O–H groups in total. The summed E-state index contributed by atoms with van der Waals surface area (Å²) in [6, 6.07) is 12.7. The van der Waals surface area contributed by atoms with Crippen molar-refractivity contribution in [2.24, 2.45) is 0 Å². The molecule has 0 amide bonds. The van der Waals surface area contributed by atoms with Gasteiger partial charge in [-0.1, -0.05) is 6.07 Å². The van der Waals surface area contributed by atoms with E-state index in [2.05, 4.69) is 10.3 Å². The maximum atomic E-state index is 13.0. The molecule has 0 unspecified atom stereocenters. The second-order valence-corrected chi connectivity index (χ2v) is 8.45. The van der Waals surface area contributed by atoms with Gasteiger partial charge in [0.05, 0.1) is 7.11 Å². The minimum absolute atomic E-state index is 0.0686. The van der Waals surface area contributed by atoms with Crippen LogP contribution in [0.2, 0.25) is 0 Å². The van der Waals surface area contributed by atoms with Crippen molar-refractivity contribution in [2.75, 3.05) is 33.4 Å². The molecule has 10 heteroatoms. The normalized spacial score (nSPS) is 12.8. The summed E-state index contributed by atoms with van der Waals surface area (Å²) in [5.41, 5.74) is 1.67. The molecule has 0 saturated heterocycles. The predicted molar refractivity (Wildman–Crippen MR) is 110 cm³/mol. The van der Waals surface area contributed by atoms with Crippen molar-refractivity contribution in [3.8, 4) is 28.7 Å². The van der Waals surface area contributed by atoms with Crippen molar-refractivity contribution in [1.82, 2.24) is 4.98 Å². The number of hydrogen-bond donors (Lipinski definition) is 1. The molecule has 0 fully saturated rings. The largest absolute Gasteiger partial charge is 0.497 e. The summed E-state index contributed by atoms with van der Waals surface area (Å²) < 4.78 is 45.1. The summed E-state index contributed by atoms with van der Waals surface area (Å²) >= 11 is 0. The number of rotatable bonds is 8. The van der Waals surface area contributed by atoms with Crippen LogP contribution in [0.4, 0.5) is 5.88 Å². The number of aromatic nitrogens is 1. The second-order valence-electron chi connectivity index (χ2n) is 6.30. The van der Waals surface area contributed by atoms with Crippen LogP contribution in [-0.4, -0.2) is 33.1 Å². The summed E-state index contributed by atoms with van der Waals surface area (Å²) in [6.45, 7) is 0.572.